The molecule has 2 aromatic rings. The summed E-state index contributed by atoms with van der Waals surface area (Å²) in [4.78, 5) is 30.4. The number of carbonyl (C=O) groups excluding carboxylic acids is 1. The van der Waals surface area contributed by atoms with Gasteiger partial charge in [0.05, 0.1) is 6.33 Å². The second-order valence-corrected chi connectivity index (χ2v) is 7.50. The van der Waals surface area contributed by atoms with Crippen LogP contribution in [0.5, 0.6) is 0 Å². The summed E-state index contributed by atoms with van der Waals surface area (Å²) in [5.41, 5.74) is 1.25. The van der Waals surface area contributed by atoms with Gasteiger partial charge < -0.3 is 4.90 Å². The first-order chi connectivity index (χ1) is 11.5. The molecule has 1 aliphatic heterocycles. The van der Waals surface area contributed by atoms with E-state index < -0.39 is 0 Å². The molecule has 0 aliphatic carbocycles. The Kier molecular flexibility index (Phi) is 5.18. The van der Waals surface area contributed by atoms with Crippen molar-refractivity contribution >= 4 is 40.9 Å². The summed E-state index contributed by atoms with van der Waals surface area (Å²) in [6.45, 7) is 2.32. The summed E-state index contributed by atoms with van der Waals surface area (Å²) in [5, 5.41) is 0.923. The van der Waals surface area contributed by atoms with Crippen LogP contribution in [0.2, 0.25) is 10.0 Å². The molecule has 0 radical (unpaired) electrons. The highest BCUT2D eigenvalue weighted by molar-refractivity contribution is 7.99. The molecule has 1 fully saturated rings. The second-order valence-electron chi connectivity index (χ2n) is 5.47. The maximum atomic E-state index is 12.7. The Morgan fingerprint density at radius 1 is 1.38 bits per heavy atom. The molecule has 8 heteroatoms. The molecule has 1 aromatic heterocycles. The van der Waals surface area contributed by atoms with Crippen LogP contribution in [0.3, 0.4) is 0 Å². The molecule has 0 N–H and O–H groups in total. The van der Waals surface area contributed by atoms with Crippen molar-refractivity contribution < 1.29 is 4.79 Å². The molecule has 3 rings (SSSR count). The average molecular weight is 384 g/mol. The van der Waals surface area contributed by atoms with E-state index in [2.05, 4.69) is 4.98 Å². The van der Waals surface area contributed by atoms with Gasteiger partial charge in [0.15, 0.2) is 0 Å². The first-order valence-electron chi connectivity index (χ1n) is 7.35. The second kappa shape index (κ2) is 7.17. The Morgan fingerprint density at radius 2 is 2.17 bits per heavy atom. The van der Waals surface area contributed by atoms with Crippen LogP contribution in [0, 0.1) is 6.92 Å². The molecule has 126 valence electrons. The lowest BCUT2D eigenvalue weighted by Crippen LogP contribution is -2.36. The molecule has 0 bridgehead atoms. The highest BCUT2D eigenvalue weighted by Gasteiger charge is 2.32. The minimum Gasteiger partial charge on any atom is -0.324 e. The van der Waals surface area contributed by atoms with Crippen molar-refractivity contribution in [3.05, 3.63) is 62.2 Å². The summed E-state index contributed by atoms with van der Waals surface area (Å²) in [7, 11) is 0. The van der Waals surface area contributed by atoms with Gasteiger partial charge in [-0.15, -0.1) is 11.8 Å². The molecule has 1 amide bonds. The van der Waals surface area contributed by atoms with Gasteiger partial charge in [0.1, 0.15) is 11.9 Å². The highest BCUT2D eigenvalue weighted by Crippen LogP contribution is 2.41. The lowest BCUT2D eigenvalue weighted by atomic mass is 10.2. The van der Waals surface area contributed by atoms with Crippen LogP contribution in [-0.2, 0) is 11.3 Å². The summed E-state index contributed by atoms with van der Waals surface area (Å²) >= 11 is 13.9. The monoisotopic (exact) mass is 383 g/mol. The molecule has 1 atom stereocenters. The first kappa shape index (κ1) is 17.3. The number of benzene rings is 1. The predicted molar refractivity (Wildman–Crippen MR) is 96.6 cm³/mol. The van der Waals surface area contributed by atoms with Gasteiger partial charge >= 0.3 is 0 Å². The molecule has 5 nitrogen and oxygen atoms in total. The number of amides is 1. The largest absolute Gasteiger partial charge is 0.324 e. The lowest BCUT2D eigenvalue weighted by Gasteiger charge is -2.25. The maximum Gasteiger partial charge on any atom is 0.253 e. The molecular weight excluding hydrogens is 369 g/mol. The Labute approximate surface area is 153 Å². The minimum absolute atomic E-state index is 0.0334. The fraction of sp³-hybridized carbons (Fsp3) is 0.312. The van der Waals surface area contributed by atoms with E-state index in [0.717, 1.165) is 11.3 Å². The molecule has 24 heavy (non-hydrogen) atoms. The quantitative estimate of drug-likeness (QED) is 0.816. The van der Waals surface area contributed by atoms with Crippen molar-refractivity contribution in [2.24, 2.45) is 0 Å². The third kappa shape index (κ3) is 3.61. The van der Waals surface area contributed by atoms with Crippen LogP contribution in [0.25, 0.3) is 0 Å². The number of nitrogens with zero attached hydrogens (tertiary/aromatic N) is 3. The Hall–Kier alpha value is -1.50. The van der Waals surface area contributed by atoms with Crippen LogP contribution in [0.15, 0.2) is 35.4 Å². The zero-order chi connectivity index (χ0) is 17.3. The Bertz CT molecular complexity index is 840. The predicted octanol–water partition coefficient (Wildman–Crippen LogP) is 3.13. The smallest absolute Gasteiger partial charge is 0.253 e. The highest BCUT2D eigenvalue weighted by atomic mass is 35.5. The van der Waals surface area contributed by atoms with Crippen molar-refractivity contribution in [1.29, 1.82) is 0 Å². The van der Waals surface area contributed by atoms with E-state index in [0.29, 0.717) is 22.3 Å². The average Bonchev–Trinajstić information content (AvgIpc) is 2.99. The van der Waals surface area contributed by atoms with Gasteiger partial charge in [-0.05, 0) is 19.1 Å². The van der Waals surface area contributed by atoms with Crippen LogP contribution in [0.1, 0.15) is 16.6 Å². The number of aryl methyl sites for hydroxylation is 1. The molecule has 1 aromatic carbocycles. The summed E-state index contributed by atoms with van der Waals surface area (Å²) in [6.07, 6.45) is 1.41. The fourth-order valence-electron chi connectivity index (χ4n) is 2.56. The SMILES string of the molecule is Cc1cc(=O)n(CC(=O)N2CCSC2c2ccc(Cl)cc2Cl)cn1. The zero-order valence-electron chi connectivity index (χ0n) is 12.9. The maximum absolute atomic E-state index is 12.7. The van der Waals surface area contributed by atoms with E-state index in [1.165, 1.54) is 17.0 Å². The van der Waals surface area contributed by atoms with Crippen molar-refractivity contribution in [2.45, 2.75) is 18.8 Å². The normalized spacial score (nSPS) is 17.3. The van der Waals surface area contributed by atoms with E-state index in [4.69, 9.17) is 23.2 Å². The van der Waals surface area contributed by atoms with Crippen LogP contribution >= 0.6 is 35.0 Å². The summed E-state index contributed by atoms with van der Waals surface area (Å²) < 4.78 is 1.32. The number of thioether (sulfide) groups is 1. The van der Waals surface area contributed by atoms with Gasteiger partial charge in [-0.3, -0.25) is 14.2 Å². The topological polar surface area (TPSA) is 55.2 Å². The van der Waals surface area contributed by atoms with E-state index in [1.807, 2.05) is 6.07 Å². The number of aromatic nitrogens is 2. The van der Waals surface area contributed by atoms with Gasteiger partial charge in [-0.25, -0.2) is 4.98 Å². The van der Waals surface area contributed by atoms with Crippen molar-refractivity contribution in [2.75, 3.05) is 12.3 Å². The molecule has 2 heterocycles. The standard InChI is InChI=1S/C16H15Cl2N3O2S/c1-10-6-14(22)20(9-19-10)8-15(23)21-4-5-24-16(21)12-3-2-11(17)7-13(12)18/h2-3,6-7,9,16H,4-5,8H2,1H3. The number of halogens is 2. The van der Waals surface area contributed by atoms with Gasteiger partial charge in [0.2, 0.25) is 5.91 Å². The third-order valence-corrected chi connectivity index (χ3v) is 5.57. The van der Waals surface area contributed by atoms with Gasteiger partial charge in [-0.1, -0.05) is 29.3 Å². The number of rotatable bonds is 3. The molecular formula is C16H15Cl2N3O2S. The Balaban J connectivity index is 1.82. The van der Waals surface area contributed by atoms with Crippen molar-refractivity contribution in [3.8, 4) is 0 Å². The Morgan fingerprint density at radius 3 is 2.88 bits per heavy atom. The third-order valence-electron chi connectivity index (χ3n) is 3.76. The van der Waals surface area contributed by atoms with Crippen molar-refractivity contribution in [3.63, 3.8) is 0 Å². The van der Waals surface area contributed by atoms with E-state index >= 15 is 0 Å². The van der Waals surface area contributed by atoms with Gasteiger partial charge in [-0.2, -0.15) is 0 Å². The number of carbonyl (C=O) groups is 1. The molecule has 0 spiro atoms. The van der Waals surface area contributed by atoms with E-state index in [9.17, 15) is 9.59 Å². The number of hydrogen-bond donors (Lipinski definition) is 0. The van der Waals surface area contributed by atoms with Gasteiger partial charge in [0.25, 0.3) is 5.56 Å². The number of hydrogen-bond acceptors (Lipinski definition) is 4. The molecule has 1 saturated heterocycles. The zero-order valence-corrected chi connectivity index (χ0v) is 15.2. The molecule has 1 unspecified atom stereocenters. The molecule has 1 aliphatic rings. The van der Waals surface area contributed by atoms with Gasteiger partial charge in [0, 0.05) is 39.7 Å². The summed E-state index contributed by atoms with van der Waals surface area (Å²) in [5.74, 6) is 0.680. The lowest BCUT2D eigenvalue weighted by molar-refractivity contribution is -0.132. The molecule has 0 saturated carbocycles. The van der Waals surface area contributed by atoms with Crippen LogP contribution < -0.4 is 5.56 Å². The van der Waals surface area contributed by atoms with Crippen LogP contribution in [-0.4, -0.2) is 32.7 Å². The van der Waals surface area contributed by atoms with E-state index in [1.54, 1.807) is 35.7 Å². The van der Waals surface area contributed by atoms with Crippen molar-refractivity contribution in [1.82, 2.24) is 14.5 Å². The fourth-order valence-corrected chi connectivity index (χ4v) is 4.45. The summed E-state index contributed by atoms with van der Waals surface area (Å²) in [6, 6.07) is 6.69. The minimum atomic E-state index is -0.233. The van der Waals surface area contributed by atoms with Crippen LogP contribution in [0.4, 0.5) is 0 Å². The first-order valence-corrected chi connectivity index (χ1v) is 9.15. The van der Waals surface area contributed by atoms with E-state index in [-0.39, 0.29) is 23.4 Å².